The summed E-state index contributed by atoms with van der Waals surface area (Å²) in [5, 5.41) is 14.3. The minimum Gasteiger partial charge on any atom is -0.466 e. The first kappa shape index (κ1) is 29.2. The van der Waals surface area contributed by atoms with Gasteiger partial charge in [0, 0.05) is 44.5 Å². The van der Waals surface area contributed by atoms with E-state index in [1.807, 2.05) is 20.8 Å². The van der Waals surface area contributed by atoms with E-state index in [1.165, 1.54) is 12.1 Å². The summed E-state index contributed by atoms with van der Waals surface area (Å²) in [5.41, 5.74) is -0.0675. The summed E-state index contributed by atoms with van der Waals surface area (Å²) >= 11 is 0. The maximum atomic E-state index is 12.5. The number of esters is 1. The average Bonchev–Trinajstić information content (AvgIpc) is 2.87. The van der Waals surface area contributed by atoms with Crippen molar-refractivity contribution in [3.05, 3.63) is 33.9 Å². The van der Waals surface area contributed by atoms with Crippen LogP contribution in [0.4, 0.5) is 16.2 Å². The Balaban J connectivity index is 1.53. The molecule has 2 amide bonds. The van der Waals surface area contributed by atoms with Crippen molar-refractivity contribution in [2.75, 3.05) is 44.2 Å². The molecule has 0 radical (unpaired) electrons. The lowest BCUT2D eigenvalue weighted by Crippen LogP contribution is -2.44. The summed E-state index contributed by atoms with van der Waals surface area (Å²) < 4.78 is 10.3. The zero-order chi connectivity index (χ0) is 27.9. The molecule has 11 nitrogen and oxygen atoms in total. The van der Waals surface area contributed by atoms with E-state index in [1.54, 1.807) is 17.9 Å². The first-order valence-corrected chi connectivity index (χ1v) is 13.4. The third-order valence-corrected chi connectivity index (χ3v) is 7.11. The summed E-state index contributed by atoms with van der Waals surface area (Å²) in [6.07, 6.45) is 3.61. The number of ether oxygens (including phenoxy) is 2. The molecule has 0 aromatic heterocycles. The quantitative estimate of drug-likeness (QED) is 0.300. The lowest BCUT2D eigenvalue weighted by molar-refractivity contribution is -0.385. The highest BCUT2D eigenvalue weighted by atomic mass is 16.6. The van der Waals surface area contributed by atoms with Gasteiger partial charge in [0.25, 0.3) is 11.6 Å². The Kier molecular flexibility index (Phi) is 9.93. The molecule has 2 heterocycles. The van der Waals surface area contributed by atoms with Gasteiger partial charge in [-0.05, 0) is 77.3 Å². The lowest BCUT2D eigenvalue weighted by atomic mass is 9.79. The van der Waals surface area contributed by atoms with E-state index in [2.05, 4.69) is 10.2 Å². The molecule has 0 spiro atoms. The summed E-state index contributed by atoms with van der Waals surface area (Å²) in [5.74, 6) is 0.0657. The van der Waals surface area contributed by atoms with E-state index in [-0.39, 0.29) is 36.9 Å². The van der Waals surface area contributed by atoms with Crippen LogP contribution in [0.25, 0.3) is 0 Å². The van der Waals surface area contributed by atoms with Crippen molar-refractivity contribution in [3.63, 3.8) is 0 Å². The number of rotatable bonds is 8. The van der Waals surface area contributed by atoms with Crippen molar-refractivity contribution in [2.24, 2.45) is 11.8 Å². The molecule has 0 atom stereocenters. The highest BCUT2D eigenvalue weighted by molar-refractivity contribution is 5.98. The van der Waals surface area contributed by atoms with Gasteiger partial charge < -0.3 is 24.6 Å². The van der Waals surface area contributed by atoms with Gasteiger partial charge >= 0.3 is 12.1 Å². The summed E-state index contributed by atoms with van der Waals surface area (Å²) in [6.45, 7) is 10.6. The topological polar surface area (TPSA) is 131 Å². The van der Waals surface area contributed by atoms with Gasteiger partial charge in [0.1, 0.15) is 11.2 Å². The van der Waals surface area contributed by atoms with Crippen molar-refractivity contribution < 1.29 is 28.8 Å². The molecule has 3 rings (SSSR count). The number of anilines is 1. The molecule has 0 unspecified atom stereocenters. The number of amides is 2. The largest absolute Gasteiger partial charge is 0.466 e. The standard InChI is InChI=1S/C27H40N4O7/c1-5-37-24(32)8-13-28-25(33)22-7-6-21(18-23(22)31(35)36)29-14-9-19(10-15-29)20-11-16-30(17-12-20)26(34)38-27(2,3)4/h6-7,18-20H,5,8-17H2,1-4H3,(H,28,33). The number of nitro groups is 1. The van der Waals surface area contributed by atoms with E-state index >= 15 is 0 Å². The number of nitro benzene ring substituents is 1. The van der Waals surface area contributed by atoms with E-state index in [9.17, 15) is 24.5 Å². The summed E-state index contributed by atoms with van der Waals surface area (Å²) in [4.78, 5) is 51.5. The van der Waals surface area contributed by atoms with E-state index in [4.69, 9.17) is 9.47 Å². The second-order valence-electron chi connectivity index (χ2n) is 10.9. The lowest BCUT2D eigenvalue weighted by Gasteiger charge is -2.41. The first-order valence-electron chi connectivity index (χ1n) is 13.4. The smallest absolute Gasteiger partial charge is 0.410 e. The predicted molar refractivity (Wildman–Crippen MR) is 142 cm³/mol. The Labute approximate surface area is 224 Å². The number of hydrogen-bond acceptors (Lipinski definition) is 8. The number of carbonyl (C=O) groups excluding carboxylic acids is 3. The van der Waals surface area contributed by atoms with Crippen LogP contribution in [-0.2, 0) is 14.3 Å². The third-order valence-electron chi connectivity index (χ3n) is 7.11. The van der Waals surface area contributed by atoms with Gasteiger partial charge in [-0.2, -0.15) is 0 Å². The molecular weight excluding hydrogens is 492 g/mol. The molecule has 1 aromatic rings. The van der Waals surface area contributed by atoms with Gasteiger partial charge in [0.15, 0.2) is 0 Å². The molecule has 2 saturated heterocycles. The third kappa shape index (κ3) is 8.06. The molecule has 11 heteroatoms. The van der Waals surface area contributed by atoms with Gasteiger partial charge in [0.05, 0.1) is 18.0 Å². The highest BCUT2D eigenvalue weighted by Gasteiger charge is 2.33. The van der Waals surface area contributed by atoms with Crippen LogP contribution in [0.1, 0.15) is 70.2 Å². The average molecular weight is 533 g/mol. The molecule has 2 aliphatic heterocycles. The van der Waals surface area contributed by atoms with Crippen molar-refractivity contribution in [1.29, 1.82) is 0 Å². The van der Waals surface area contributed by atoms with E-state index in [0.29, 0.717) is 24.9 Å². The molecule has 0 aliphatic carbocycles. The van der Waals surface area contributed by atoms with Crippen LogP contribution in [-0.4, -0.2) is 72.7 Å². The minimum absolute atomic E-state index is 0.000431. The Bertz CT molecular complexity index is 1010. The molecule has 210 valence electrons. The molecule has 1 N–H and O–H groups in total. The fraction of sp³-hybridized carbons (Fsp3) is 0.667. The number of hydrogen-bond donors (Lipinski definition) is 1. The molecule has 0 saturated carbocycles. The predicted octanol–water partition coefficient (Wildman–Crippen LogP) is 4.14. The van der Waals surface area contributed by atoms with Crippen LogP contribution in [0.2, 0.25) is 0 Å². The number of nitrogens with one attached hydrogen (secondary N) is 1. The van der Waals surface area contributed by atoms with E-state index < -0.39 is 22.4 Å². The zero-order valence-corrected chi connectivity index (χ0v) is 22.9. The molecule has 2 aliphatic rings. The monoisotopic (exact) mass is 532 g/mol. The van der Waals surface area contributed by atoms with Gasteiger partial charge in [-0.25, -0.2) is 4.79 Å². The fourth-order valence-electron chi connectivity index (χ4n) is 5.18. The van der Waals surface area contributed by atoms with Crippen LogP contribution >= 0.6 is 0 Å². The van der Waals surface area contributed by atoms with Gasteiger partial charge in [-0.3, -0.25) is 19.7 Å². The van der Waals surface area contributed by atoms with Crippen molar-refractivity contribution in [3.8, 4) is 0 Å². The molecule has 1 aromatic carbocycles. The van der Waals surface area contributed by atoms with Gasteiger partial charge in [0.2, 0.25) is 0 Å². The maximum Gasteiger partial charge on any atom is 0.410 e. The van der Waals surface area contributed by atoms with E-state index in [0.717, 1.165) is 44.5 Å². The molecular formula is C27H40N4O7. The molecule has 38 heavy (non-hydrogen) atoms. The van der Waals surface area contributed by atoms with Gasteiger partial charge in [-0.1, -0.05) is 0 Å². The van der Waals surface area contributed by atoms with Crippen molar-refractivity contribution in [1.82, 2.24) is 10.2 Å². The normalized spacial score (nSPS) is 17.2. The Hall–Kier alpha value is -3.37. The number of nitrogens with zero attached hydrogens (tertiary/aromatic N) is 3. The maximum absolute atomic E-state index is 12.5. The number of likely N-dealkylation sites (tertiary alicyclic amines) is 1. The van der Waals surface area contributed by atoms with Crippen LogP contribution in [0.3, 0.4) is 0 Å². The summed E-state index contributed by atoms with van der Waals surface area (Å²) in [6, 6.07) is 4.68. The van der Waals surface area contributed by atoms with Crippen molar-refractivity contribution in [2.45, 2.75) is 65.4 Å². The Morgan fingerprint density at radius 1 is 1.05 bits per heavy atom. The van der Waals surface area contributed by atoms with Crippen LogP contribution in [0, 0.1) is 22.0 Å². The Morgan fingerprint density at radius 3 is 2.21 bits per heavy atom. The van der Waals surface area contributed by atoms with Crippen molar-refractivity contribution >= 4 is 29.3 Å². The number of carbonyl (C=O) groups is 3. The van der Waals surface area contributed by atoms with Gasteiger partial charge in [-0.15, -0.1) is 0 Å². The Morgan fingerprint density at radius 2 is 1.66 bits per heavy atom. The number of piperidine rings is 2. The number of benzene rings is 1. The fourth-order valence-corrected chi connectivity index (χ4v) is 5.18. The second-order valence-corrected chi connectivity index (χ2v) is 10.9. The zero-order valence-electron chi connectivity index (χ0n) is 22.9. The first-order chi connectivity index (χ1) is 18.0. The van der Waals surface area contributed by atoms with Crippen LogP contribution in [0.5, 0.6) is 0 Å². The van der Waals surface area contributed by atoms with Crippen LogP contribution < -0.4 is 10.2 Å². The SMILES string of the molecule is CCOC(=O)CCNC(=O)c1ccc(N2CCC(C3CCN(C(=O)OC(C)(C)C)CC3)CC2)cc1[N+](=O)[O-]. The molecule has 0 bridgehead atoms. The second kappa shape index (κ2) is 12.9. The molecule has 2 fully saturated rings. The minimum atomic E-state index is -0.594. The van der Waals surface area contributed by atoms with Crippen LogP contribution in [0.15, 0.2) is 18.2 Å². The summed E-state index contributed by atoms with van der Waals surface area (Å²) in [7, 11) is 0. The highest BCUT2D eigenvalue weighted by Crippen LogP contribution is 2.35.